The third-order valence-corrected chi connectivity index (χ3v) is 6.78. The Morgan fingerprint density at radius 1 is 1.13 bits per heavy atom. The Bertz CT molecular complexity index is 1160. The number of nitrogens with one attached hydrogen (secondary N) is 3. The van der Waals surface area contributed by atoms with Gasteiger partial charge in [0.25, 0.3) is 0 Å². The van der Waals surface area contributed by atoms with Gasteiger partial charge < -0.3 is 20.5 Å². The first-order chi connectivity index (χ1) is 15.3. The van der Waals surface area contributed by atoms with E-state index >= 15 is 0 Å². The van der Waals surface area contributed by atoms with Crippen LogP contribution in [0.3, 0.4) is 0 Å². The van der Waals surface area contributed by atoms with Crippen LogP contribution in [0.1, 0.15) is 29.2 Å². The first-order valence-corrected chi connectivity index (χ1v) is 11.5. The number of anilines is 2. The van der Waals surface area contributed by atoms with Crippen LogP contribution in [0.25, 0.3) is 10.9 Å². The van der Waals surface area contributed by atoms with Crippen LogP contribution in [0, 0.1) is 0 Å². The number of carbonyl (C=O) groups excluding carboxylic acids is 1. The van der Waals surface area contributed by atoms with E-state index in [1.165, 1.54) is 15.8 Å². The summed E-state index contributed by atoms with van der Waals surface area (Å²) in [4.78, 5) is 24.1. The van der Waals surface area contributed by atoms with Crippen LogP contribution in [0.2, 0.25) is 0 Å². The van der Waals surface area contributed by atoms with Gasteiger partial charge in [-0.3, -0.25) is 0 Å². The standard InChI is InChI=1S/C24H25N5OS/c30-24(28-21-9-5-11-25-23(21)29-12-3-4-13-29)27-16-19(22-10-6-14-31-22)18-15-26-20-8-2-1-7-17(18)20/h1-2,5-11,14-15,19,26H,3-4,12-13,16H2,(H2,27,28,30). The maximum atomic E-state index is 12.8. The van der Waals surface area contributed by atoms with Crippen molar-refractivity contribution in [3.05, 3.63) is 76.7 Å². The zero-order valence-corrected chi connectivity index (χ0v) is 18.0. The molecule has 0 radical (unpaired) electrons. The van der Waals surface area contributed by atoms with E-state index in [0.29, 0.717) is 6.54 Å². The molecule has 0 bridgehead atoms. The number of nitrogens with zero attached hydrogens (tertiary/aromatic N) is 2. The Morgan fingerprint density at radius 3 is 2.84 bits per heavy atom. The zero-order valence-electron chi connectivity index (χ0n) is 17.2. The Balaban J connectivity index is 1.33. The molecule has 5 rings (SSSR count). The molecule has 158 valence electrons. The van der Waals surface area contributed by atoms with Crippen LogP contribution in [-0.4, -0.2) is 35.6 Å². The topological polar surface area (TPSA) is 73.0 Å². The van der Waals surface area contributed by atoms with Gasteiger partial charge >= 0.3 is 6.03 Å². The number of fused-ring (bicyclic) bond motifs is 1. The molecule has 2 amide bonds. The third kappa shape index (κ3) is 4.14. The second kappa shape index (κ2) is 8.81. The van der Waals surface area contributed by atoms with Crippen molar-refractivity contribution in [2.24, 2.45) is 0 Å². The average Bonchev–Trinajstić information content (AvgIpc) is 3.57. The number of amides is 2. The lowest BCUT2D eigenvalue weighted by molar-refractivity contribution is 0.252. The Morgan fingerprint density at radius 2 is 2.00 bits per heavy atom. The second-order valence-electron chi connectivity index (χ2n) is 7.76. The predicted octanol–water partition coefficient (Wildman–Crippen LogP) is 5.18. The van der Waals surface area contributed by atoms with Gasteiger partial charge in [0.15, 0.2) is 5.82 Å². The molecule has 0 saturated carbocycles. The van der Waals surface area contributed by atoms with Crippen LogP contribution in [-0.2, 0) is 0 Å². The molecule has 1 aromatic carbocycles. The lowest BCUT2D eigenvalue weighted by Crippen LogP contribution is -2.33. The largest absolute Gasteiger partial charge is 0.361 e. The molecule has 1 aliphatic rings. The number of aromatic nitrogens is 2. The summed E-state index contributed by atoms with van der Waals surface area (Å²) in [6.07, 6.45) is 6.16. The van der Waals surface area contributed by atoms with E-state index in [4.69, 9.17) is 0 Å². The highest BCUT2D eigenvalue weighted by molar-refractivity contribution is 7.10. The summed E-state index contributed by atoms with van der Waals surface area (Å²) in [7, 11) is 0. The van der Waals surface area contributed by atoms with Gasteiger partial charge in [-0.1, -0.05) is 24.3 Å². The number of thiophene rings is 1. The van der Waals surface area contributed by atoms with E-state index < -0.39 is 0 Å². The van der Waals surface area contributed by atoms with Crippen LogP contribution >= 0.6 is 11.3 Å². The molecular weight excluding hydrogens is 406 g/mol. The van der Waals surface area contributed by atoms with Crippen molar-refractivity contribution in [1.82, 2.24) is 15.3 Å². The SMILES string of the molecule is O=C(NCC(c1cccs1)c1c[nH]c2ccccc12)Nc1cccnc1N1CCCC1. The van der Waals surface area contributed by atoms with Gasteiger partial charge in [-0.25, -0.2) is 9.78 Å². The Kier molecular flexibility index (Phi) is 5.58. The molecule has 0 spiro atoms. The van der Waals surface area contributed by atoms with E-state index in [0.717, 1.165) is 43.0 Å². The molecule has 3 aromatic heterocycles. The minimum absolute atomic E-state index is 0.0776. The number of rotatable bonds is 6. The molecule has 4 heterocycles. The molecule has 4 aromatic rings. The summed E-state index contributed by atoms with van der Waals surface area (Å²) in [5.41, 5.74) is 3.05. The molecule has 1 fully saturated rings. The average molecular weight is 432 g/mol. The summed E-state index contributed by atoms with van der Waals surface area (Å²) in [5.74, 6) is 0.926. The minimum Gasteiger partial charge on any atom is -0.361 e. The number of carbonyl (C=O) groups is 1. The number of pyridine rings is 1. The molecule has 6 nitrogen and oxygen atoms in total. The predicted molar refractivity (Wildman–Crippen MR) is 127 cm³/mol. The second-order valence-corrected chi connectivity index (χ2v) is 8.74. The van der Waals surface area contributed by atoms with Crippen molar-refractivity contribution in [1.29, 1.82) is 0 Å². The van der Waals surface area contributed by atoms with Gasteiger partial charge in [-0.2, -0.15) is 0 Å². The van der Waals surface area contributed by atoms with E-state index in [9.17, 15) is 4.79 Å². The number of benzene rings is 1. The molecular formula is C24H25N5OS. The summed E-state index contributed by atoms with van der Waals surface area (Å²) in [5, 5.41) is 9.36. The van der Waals surface area contributed by atoms with Crippen LogP contribution in [0.5, 0.6) is 0 Å². The normalized spacial score (nSPS) is 14.6. The van der Waals surface area contributed by atoms with Crippen molar-refractivity contribution < 1.29 is 4.79 Å². The number of para-hydroxylation sites is 1. The number of hydrogen-bond donors (Lipinski definition) is 3. The van der Waals surface area contributed by atoms with Crippen LogP contribution < -0.4 is 15.5 Å². The Hall–Kier alpha value is -3.32. The highest BCUT2D eigenvalue weighted by Gasteiger charge is 2.21. The highest BCUT2D eigenvalue weighted by Crippen LogP contribution is 2.33. The maximum Gasteiger partial charge on any atom is 0.319 e. The molecule has 31 heavy (non-hydrogen) atoms. The zero-order chi connectivity index (χ0) is 21.0. The molecule has 1 saturated heterocycles. The lowest BCUT2D eigenvalue weighted by atomic mass is 9.97. The lowest BCUT2D eigenvalue weighted by Gasteiger charge is -2.21. The monoisotopic (exact) mass is 431 g/mol. The highest BCUT2D eigenvalue weighted by atomic mass is 32.1. The van der Waals surface area contributed by atoms with Gasteiger partial charge in [-0.15, -0.1) is 11.3 Å². The van der Waals surface area contributed by atoms with Gasteiger partial charge in [0.1, 0.15) is 0 Å². The van der Waals surface area contributed by atoms with Crippen molar-refractivity contribution in [2.45, 2.75) is 18.8 Å². The smallest absolute Gasteiger partial charge is 0.319 e. The van der Waals surface area contributed by atoms with Gasteiger partial charge in [0.05, 0.1) is 5.69 Å². The van der Waals surface area contributed by atoms with Crippen LogP contribution in [0.4, 0.5) is 16.3 Å². The number of urea groups is 1. The molecule has 0 aliphatic carbocycles. The Labute approximate surface area is 185 Å². The maximum absolute atomic E-state index is 12.8. The van der Waals surface area contributed by atoms with Gasteiger partial charge in [0, 0.05) is 53.7 Å². The minimum atomic E-state index is -0.213. The molecule has 1 unspecified atom stereocenters. The number of H-pyrrole nitrogens is 1. The summed E-state index contributed by atoms with van der Waals surface area (Å²) >= 11 is 1.71. The summed E-state index contributed by atoms with van der Waals surface area (Å²) in [6.45, 7) is 2.47. The molecule has 1 aliphatic heterocycles. The van der Waals surface area contributed by atoms with Crippen molar-refractivity contribution in [3.63, 3.8) is 0 Å². The fourth-order valence-corrected chi connectivity index (χ4v) is 5.12. The number of hydrogen-bond acceptors (Lipinski definition) is 4. The van der Waals surface area contributed by atoms with Crippen LogP contribution in [0.15, 0.2) is 66.3 Å². The van der Waals surface area contributed by atoms with Gasteiger partial charge in [0.2, 0.25) is 0 Å². The summed E-state index contributed by atoms with van der Waals surface area (Å²) in [6, 6.07) is 16.0. The number of aromatic amines is 1. The fourth-order valence-electron chi connectivity index (χ4n) is 4.27. The van der Waals surface area contributed by atoms with Crippen molar-refractivity contribution in [3.8, 4) is 0 Å². The van der Waals surface area contributed by atoms with Crippen molar-refractivity contribution >= 4 is 39.8 Å². The van der Waals surface area contributed by atoms with Crippen molar-refractivity contribution in [2.75, 3.05) is 29.9 Å². The van der Waals surface area contributed by atoms with Gasteiger partial charge in [-0.05, 0) is 48.1 Å². The molecule has 7 heteroatoms. The van der Waals surface area contributed by atoms with E-state index in [1.54, 1.807) is 17.5 Å². The quantitative estimate of drug-likeness (QED) is 0.394. The van der Waals surface area contributed by atoms with E-state index in [1.807, 2.05) is 24.3 Å². The van der Waals surface area contributed by atoms with E-state index in [-0.39, 0.29) is 11.9 Å². The third-order valence-electron chi connectivity index (χ3n) is 5.79. The first-order valence-electron chi connectivity index (χ1n) is 10.6. The molecule has 1 atom stereocenters. The molecule has 3 N–H and O–H groups in total. The van der Waals surface area contributed by atoms with E-state index in [2.05, 4.69) is 61.3 Å². The summed E-state index contributed by atoms with van der Waals surface area (Å²) < 4.78 is 0. The fraction of sp³-hybridized carbons (Fsp3) is 0.250. The first kappa shape index (κ1) is 19.6.